The maximum absolute atomic E-state index is 12.0. The van der Waals surface area contributed by atoms with Crippen LogP contribution in [0.4, 0.5) is 0 Å². The number of fused-ring (bicyclic) bond motifs is 1. The van der Waals surface area contributed by atoms with Crippen molar-refractivity contribution in [3.05, 3.63) is 35.8 Å². The van der Waals surface area contributed by atoms with Crippen LogP contribution in [0, 0.1) is 0 Å². The van der Waals surface area contributed by atoms with Gasteiger partial charge in [0, 0.05) is 23.6 Å². The summed E-state index contributed by atoms with van der Waals surface area (Å²) in [7, 11) is 0. The van der Waals surface area contributed by atoms with Crippen molar-refractivity contribution in [2.75, 3.05) is 0 Å². The van der Waals surface area contributed by atoms with Crippen LogP contribution in [0.15, 0.2) is 24.7 Å². The number of amides is 2. The normalized spacial score (nSPS) is 18.9. The van der Waals surface area contributed by atoms with E-state index in [4.69, 9.17) is 0 Å². The molecule has 1 atom stereocenters. The summed E-state index contributed by atoms with van der Waals surface area (Å²) < 4.78 is 0. The molecule has 0 saturated carbocycles. The Balaban J connectivity index is 2.16. The van der Waals surface area contributed by atoms with Crippen LogP contribution in [-0.4, -0.2) is 28.1 Å². The van der Waals surface area contributed by atoms with Crippen LogP contribution < -0.4 is 5.32 Å². The Morgan fingerprint density at radius 2 is 2.15 bits per heavy atom. The Kier molecular flexibility index (Phi) is 2.98. The molecule has 0 radical (unpaired) electrons. The third-order valence-corrected chi connectivity index (χ3v) is 3.43. The zero-order chi connectivity index (χ0) is 14.1. The molecule has 6 nitrogen and oxygen atoms in total. The molecule has 0 bridgehead atoms. The van der Waals surface area contributed by atoms with Gasteiger partial charge in [0.1, 0.15) is 12.6 Å². The second-order valence-corrected chi connectivity index (χ2v) is 4.69. The number of benzene rings is 1. The van der Waals surface area contributed by atoms with Crippen LogP contribution in [0.5, 0.6) is 0 Å². The molecule has 1 saturated heterocycles. The lowest BCUT2D eigenvalue weighted by Crippen LogP contribution is -2.39. The molecular formula is C14H11N3O3. The van der Waals surface area contributed by atoms with Crippen molar-refractivity contribution in [1.29, 1.82) is 0 Å². The van der Waals surface area contributed by atoms with Gasteiger partial charge in [-0.25, -0.2) is 9.97 Å². The van der Waals surface area contributed by atoms with Gasteiger partial charge in [0.05, 0.1) is 11.4 Å². The monoisotopic (exact) mass is 269 g/mol. The highest BCUT2D eigenvalue weighted by Crippen LogP contribution is 2.30. The molecule has 20 heavy (non-hydrogen) atoms. The fourth-order valence-corrected chi connectivity index (χ4v) is 2.48. The first-order chi connectivity index (χ1) is 9.69. The molecule has 2 amide bonds. The smallest absolute Gasteiger partial charge is 0.234 e. The number of rotatable bonds is 2. The second kappa shape index (κ2) is 4.80. The first kappa shape index (κ1) is 12.4. The van der Waals surface area contributed by atoms with E-state index in [0.29, 0.717) is 23.1 Å². The average Bonchev–Trinajstić information content (AvgIpc) is 2.46. The Hall–Kier alpha value is -2.63. The Morgan fingerprint density at radius 3 is 2.90 bits per heavy atom. The topological polar surface area (TPSA) is 89.0 Å². The lowest BCUT2D eigenvalue weighted by molar-refractivity contribution is -0.134. The van der Waals surface area contributed by atoms with E-state index in [2.05, 4.69) is 15.3 Å². The van der Waals surface area contributed by atoms with Gasteiger partial charge < -0.3 is 0 Å². The van der Waals surface area contributed by atoms with E-state index in [1.807, 2.05) is 0 Å². The van der Waals surface area contributed by atoms with Crippen LogP contribution in [0.25, 0.3) is 10.9 Å². The number of hydrogen-bond donors (Lipinski definition) is 1. The third-order valence-electron chi connectivity index (χ3n) is 3.43. The second-order valence-electron chi connectivity index (χ2n) is 4.69. The van der Waals surface area contributed by atoms with E-state index in [1.165, 1.54) is 6.33 Å². The lowest BCUT2D eigenvalue weighted by Gasteiger charge is -2.22. The molecule has 0 spiro atoms. The third kappa shape index (κ3) is 2.05. The zero-order valence-corrected chi connectivity index (χ0v) is 10.5. The maximum Gasteiger partial charge on any atom is 0.234 e. The summed E-state index contributed by atoms with van der Waals surface area (Å²) >= 11 is 0. The number of carbonyl (C=O) groups is 3. The van der Waals surface area contributed by atoms with Crippen LogP contribution in [-0.2, 0) is 9.59 Å². The molecule has 1 aromatic carbocycles. The minimum Gasteiger partial charge on any atom is -0.298 e. The van der Waals surface area contributed by atoms with Crippen molar-refractivity contribution >= 4 is 29.0 Å². The highest BCUT2D eigenvalue weighted by molar-refractivity contribution is 6.03. The van der Waals surface area contributed by atoms with Gasteiger partial charge in [-0.1, -0.05) is 0 Å². The summed E-state index contributed by atoms with van der Waals surface area (Å²) in [6.45, 7) is 0. The van der Waals surface area contributed by atoms with Crippen molar-refractivity contribution in [3.63, 3.8) is 0 Å². The van der Waals surface area contributed by atoms with Crippen LogP contribution in [0.2, 0.25) is 0 Å². The molecule has 1 fully saturated rings. The summed E-state index contributed by atoms with van der Waals surface area (Å²) in [5.74, 6) is -1.06. The number of piperidine rings is 1. The molecule has 1 aliphatic heterocycles. The van der Waals surface area contributed by atoms with E-state index in [9.17, 15) is 14.4 Å². The highest BCUT2D eigenvalue weighted by atomic mass is 16.2. The predicted octanol–water partition coefficient (Wildman–Crippen LogP) is 0.962. The number of carbonyl (C=O) groups excluding carboxylic acids is 3. The number of aldehydes is 1. The lowest BCUT2D eigenvalue weighted by atomic mass is 9.87. The molecule has 0 aliphatic carbocycles. The first-order valence-electron chi connectivity index (χ1n) is 6.21. The number of aromatic nitrogens is 2. The maximum atomic E-state index is 12.0. The van der Waals surface area contributed by atoms with Crippen LogP contribution in [0.1, 0.15) is 34.7 Å². The first-order valence-corrected chi connectivity index (χ1v) is 6.21. The fraction of sp³-hybridized carbons (Fsp3) is 0.214. The van der Waals surface area contributed by atoms with E-state index >= 15 is 0 Å². The Bertz CT molecular complexity index is 727. The van der Waals surface area contributed by atoms with Crippen molar-refractivity contribution in [2.24, 2.45) is 0 Å². The molecule has 2 aromatic rings. The standard InChI is InChI=1S/C14H11N3O3/c18-6-8-3-10(9-1-2-13(19)17-14(9)20)11-5-15-7-16-12(11)4-8/h3-7,9H,1-2H2,(H,17,19,20). The molecular weight excluding hydrogens is 258 g/mol. The average molecular weight is 269 g/mol. The van der Waals surface area contributed by atoms with Gasteiger partial charge in [0.15, 0.2) is 0 Å². The molecule has 2 heterocycles. The zero-order valence-electron chi connectivity index (χ0n) is 10.5. The SMILES string of the molecule is O=Cc1cc(C2CCC(=O)NC2=O)c2cncnc2c1. The highest BCUT2D eigenvalue weighted by Gasteiger charge is 2.29. The fourth-order valence-electron chi connectivity index (χ4n) is 2.48. The van der Waals surface area contributed by atoms with Gasteiger partial charge in [-0.15, -0.1) is 0 Å². The Morgan fingerprint density at radius 1 is 1.30 bits per heavy atom. The molecule has 1 aromatic heterocycles. The molecule has 1 aliphatic rings. The van der Waals surface area contributed by atoms with Crippen molar-refractivity contribution in [1.82, 2.24) is 15.3 Å². The molecule has 100 valence electrons. The summed E-state index contributed by atoms with van der Waals surface area (Å²) in [5, 5.41) is 3.05. The van der Waals surface area contributed by atoms with Gasteiger partial charge in [-0.3, -0.25) is 19.7 Å². The minimum atomic E-state index is -0.457. The predicted molar refractivity (Wildman–Crippen MR) is 70.1 cm³/mol. The minimum absolute atomic E-state index is 0.265. The van der Waals surface area contributed by atoms with Gasteiger partial charge >= 0.3 is 0 Å². The van der Waals surface area contributed by atoms with E-state index in [0.717, 1.165) is 11.7 Å². The Labute approximate surface area is 114 Å². The number of nitrogens with one attached hydrogen (secondary N) is 1. The molecule has 1 unspecified atom stereocenters. The summed E-state index contributed by atoms with van der Waals surface area (Å²) in [5.41, 5.74) is 1.76. The van der Waals surface area contributed by atoms with Gasteiger partial charge in [0.25, 0.3) is 0 Å². The molecule has 1 N–H and O–H groups in total. The quantitative estimate of drug-likeness (QED) is 0.648. The van der Waals surface area contributed by atoms with E-state index < -0.39 is 5.92 Å². The summed E-state index contributed by atoms with van der Waals surface area (Å²) in [6, 6.07) is 3.32. The summed E-state index contributed by atoms with van der Waals surface area (Å²) in [4.78, 5) is 42.3. The largest absolute Gasteiger partial charge is 0.298 e. The van der Waals surface area contributed by atoms with E-state index in [-0.39, 0.29) is 18.2 Å². The molecule has 3 rings (SSSR count). The van der Waals surface area contributed by atoms with Crippen LogP contribution >= 0.6 is 0 Å². The van der Waals surface area contributed by atoms with Crippen molar-refractivity contribution in [3.8, 4) is 0 Å². The number of hydrogen-bond acceptors (Lipinski definition) is 5. The molecule has 6 heteroatoms. The van der Waals surface area contributed by atoms with Crippen molar-refractivity contribution < 1.29 is 14.4 Å². The summed E-state index contributed by atoms with van der Waals surface area (Å²) in [6.07, 6.45) is 4.45. The van der Waals surface area contributed by atoms with Gasteiger partial charge in [0.2, 0.25) is 11.8 Å². The van der Waals surface area contributed by atoms with Gasteiger partial charge in [-0.2, -0.15) is 0 Å². The van der Waals surface area contributed by atoms with Gasteiger partial charge in [-0.05, 0) is 24.1 Å². The number of imide groups is 1. The van der Waals surface area contributed by atoms with Crippen LogP contribution in [0.3, 0.4) is 0 Å². The van der Waals surface area contributed by atoms with Crippen molar-refractivity contribution in [2.45, 2.75) is 18.8 Å². The number of nitrogens with zero attached hydrogens (tertiary/aromatic N) is 2. The van der Waals surface area contributed by atoms with E-state index in [1.54, 1.807) is 18.3 Å².